The topological polar surface area (TPSA) is 38.3 Å². The van der Waals surface area contributed by atoms with Crippen LogP contribution in [0.2, 0.25) is 0 Å². The summed E-state index contributed by atoms with van der Waals surface area (Å²) in [5.41, 5.74) is 1.90. The molecule has 1 N–H and O–H groups in total. The summed E-state index contributed by atoms with van der Waals surface area (Å²) in [4.78, 5) is 12.5. The molecule has 0 saturated carbocycles. The highest BCUT2D eigenvalue weighted by Gasteiger charge is 2.17. The highest BCUT2D eigenvalue weighted by Crippen LogP contribution is 2.24. The second kappa shape index (κ2) is 7.18. The van der Waals surface area contributed by atoms with Crippen LogP contribution in [-0.2, 0) is 11.2 Å². The largest absolute Gasteiger partial charge is 0.481 e. The minimum atomic E-state index is -0.573. The van der Waals surface area contributed by atoms with E-state index in [1.807, 2.05) is 66.7 Å². The number of rotatable bonds is 5. The summed E-state index contributed by atoms with van der Waals surface area (Å²) in [6.45, 7) is 3.84. The molecular formula is C21H21NO2. The lowest BCUT2D eigenvalue weighted by molar-refractivity contribution is -0.122. The first kappa shape index (κ1) is 16.1. The number of carbonyl (C=O) groups excluding carboxylic acids is 1. The Bertz CT molecular complexity index is 852. The fraction of sp³-hybridized carbons (Fsp3) is 0.190. The average Bonchev–Trinajstić information content (AvgIpc) is 2.62. The lowest BCUT2D eigenvalue weighted by atomic mass is 10.1. The monoisotopic (exact) mass is 319 g/mol. The fourth-order valence-corrected chi connectivity index (χ4v) is 2.72. The van der Waals surface area contributed by atoms with Crippen molar-refractivity contribution in [2.75, 3.05) is 5.32 Å². The molecule has 0 unspecified atom stereocenters. The number of ether oxygens (including phenoxy) is 1. The number of hydrogen-bond donors (Lipinski definition) is 1. The molecule has 0 aliphatic carbocycles. The molecular weight excluding hydrogens is 298 g/mol. The van der Waals surface area contributed by atoms with E-state index in [0.29, 0.717) is 0 Å². The summed E-state index contributed by atoms with van der Waals surface area (Å²) in [6.07, 6.45) is 0.296. The van der Waals surface area contributed by atoms with E-state index in [0.717, 1.165) is 34.2 Å². The van der Waals surface area contributed by atoms with Gasteiger partial charge in [0, 0.05) is 11.1 Å². The molecule has 0 heterocycles. The van der Waals surface area contributed by atoms with Gasteiger partial charge in [-0.25, -0.2) is 0 Å². The van der Waals surface area contributed by atoms with E-state index in [9.17, 15) is 4.79 Å². The minimum Gasteiger partial charge on any atom is -0.481 e. The summed E-state index contributed by atoms with van der Waals surface area (Å²) >= 11 is 0. The van der Waals surface area contributed by atoms with Crippen molar-refractivity contribution in [2.45, 2.75) is 26.4 Å². The summed E-state index contributed by atoms with van der Waals surface area (Å²) in [5, 5.41) is 5.10. The highest BCUT2D eigenvalue weighted by atomic mass is 16.5. The van der Waals surface area contributed by atoms with E-state index in [2.05, 4.69) is 12.2 Å². The number of nitrogens with one attached hydrogen (secondary N) is 1. The normalized spacial score (nSPS) is 11.9. The number of fused-ring (bicyclic) bond motifs is 1. The Labute approximate surface area is 142 Å². The van der Waals surface area contributed by atoms with Crippen LogP contribution in [0.1, 0.15) is 19.4 Å². The van der Waals surface area contributed by atoms with Crippen molar-refractivity contribution in [1.82, 2.24) is 0 Å². The molecule has 0 fully saturated rings. The maximum Gasteiger partial charge on any atom is 0.265 e. The molecule has 0 aromatic heterocycles. The summed E-state index contributed by atoms with van der Waals surface area (Å²) < 4.78 is 5.87. The van der Waals surface area contributed by atoms with Gasteiger partial charge in [-0.1, -0.05) is 61.5 Å². The van der Waals surface area contributed by atoms with E-state index in [1.54, 1.807) is 6.92 Å². The lowest BCUT2D eigenvalue weighted by Gasteiger charge is -2.17. The van der Waals surface area contributed by atoms with Crippen LogP contribution in [0.4, 0.5) is 5.69 Å². The predicted octanol–water partition coefficient (Wildman–Crippen LogP) is 4.81. The standard InChI is InChI=1S/C21H21NO2/c1-3-16-9-5-7-14-20(16)24-15(2)21(23)22-19-13-8-11-17-10-4-6-12-18(17)19/h4-15H,3H2,1-2H3,(H,22,23)/t15-/m0/s1. The quantitative estimate of drug-likeness (QED) is 0.733. The van der Waals surface area contributed by atoms with Crippen LogP contribution in [0, 0.1) is 0 Å². The van der Waals surface area contributed by atoms with Gasteiger partial charge >= 0.3 is 0 Å². The van der Waals surface area contributed by atoms with Gasteiger partial charge in [-0.15, -0.1) is 0 Å². The van der Waals surface area contributed by atoms with Crippen LogP contribution in [0.5, 0.6) is 5.75 Å². The van der Waals surface area contributed by atoms with Gasteiger partial charge in [-0.05, 0) is 36.4 Å². The van der Waals surface area contributed by atoms with Gasteiger partial charge in [-0.3, -0.25) is 4.79 Å². The SMILES string of the molecule is CCc1ccccc1O[C@@H](C)C(=O)Nc1cccc2ccccc12. The van der Waals surface area contributed by atoms with Crippen molar-refractivity contribution in [1.29, 1.82) is 0 Å². The number of hydrogen-bond acceptors (Lipinski definition) is 2. The first-order valence-electron chi connectivity index (χ1n) is 8.22. The molecule has 0 saturated heterocycles. The van der Waals surface area contributed by atoms with E-state index in [1.165, 1.54) is 0 Å². The van der Waals surface area contributed by atoms with Crippen molar-refractivity contribution >= 4 is 22.4 Å². The molecule has 3 nitrogen and oxygen atoms in total. The number of amides is 1. The van der Waals surface area contributed by atoms with Crippen molar-refractivity contribution < 1.29 is 9.53 Å². The highest BCUT2D eigenvalue weighted by molar-refractivity contribution is 6.03. The van der Waals surface area contributed by atoms with Crippen molar-refractivity contribution in [3.63, 3.8) is 0 Å². The molecule has 3 aromatic carbocycles. The third kappa shape index (κ3) is 3.40. The molecule has 3 heteroatoms. The van der Waals surface area contributed by atoms with Crippen molar-refractivity contribution in [2.24, 2.45) is 0 Å². The van der Waals surface area contributed by atoms with Crippen LogP contribution in [0.3, 0.4) is 0 Å². The zero-order valence-corrected chi connectivity index (χ0v) is 14.0. The van der Waals surface area contributed by atoms with E-state index in [-0.39, 0.29) is 5.91 Å². The third-order valence-corrected chi connectivity index (χ3v) is 4.07. The number of para-hydroxylation sites is 1. The molecule has 122 valence electrons. The second-order valence-electron chi connectivity index (χ2n) is 5.74. The zero-order chi connectivity index (χ0) is 16.9. The Kier molecular flexibility index (Phi) is 4.80. The number of aryl methyl sites for hydroxylation is 1. The molecule has 3 rings (SSSR count). The van der Waals surface area contributed by atoms with Gasteiger partial charge in [0.25, 0.3) is 5.91 Å². The van der Waals surface area contributed by atoms with Crippen LogP contribution < -0.4 is 10.1 Å². The number of benzene rings is 3. The molecule has 3 aromatic rings. The Balaban J connectivity index is 1.76. The van der Waals surface area contributed by atoms with Gasteiger partial charge in [0.05, 0.1) is 0 Å². The molecule has 1 amide bonds. The summed E-state index contributed by atoms with van der Waals surface area (Å²) in [5.74, 6) is 0.609. The maximum atomic E-state index is 12.5. The first-order valence-corrected chi connectivity index (χ1v) is 8.22. The Hall–Kier alpha value is -2.81. The Morgan fingerprint density at radius 1 is 1.00 bits per heavy atom. The van der Waals surface area contributed by atoms with E-state index < -0.39 is 6.10 Å². The first-order chi connectivity index (χ1) is 11.7. The molecule has 24 heavy (non-hydrogen) atoms. The Morgan fingerprint density at radius 2 is 1.71 bits per heavy atom. The third-order valence-electron chi connectivity index (χ3n) is 4.07. The van der Waals surface area contributed by atoms with Crippen LogP contribution >= 0.6 is 0 Å². The maximum absolute atomic E-state index is 12.5. The van der Waals surface area contributed by atoms with E-state index >= 15 is 0 Å². The van der Waals surface area contributed by atoms with Crippen LogP contribution in [0.15, 0.2) is 66.7 Å². The summed E-state index contributed by atoms with van der Waals surface area (Å²) in [6, 6.07) is 21.7. The van der Waals surface area contributed by atoms with Gasteiger partial charge in [0.1, 0.15) is 5.75 Å². The van der Waals surface area contributed by atoms with E-state index in [4.69, 9.17) is 4.74 Å². The zero-order valence-electron chi connectivity index (χ0n) is 14.0. The van der Waals surface area contributed by atoms with Gasteiger partial charge in [-0.2, -0.15) is 0 Å². The van der Waals surface area contributed by atoms with Gasteiger partial charge in [0.2, 0.25) is 0 Å². The van der Waals surface area contributed by atoms with Crippen LogP contribution in [0.25, 0.3) is 10.8 Å². The number of carbonyl (C=O) groups is 1. The van der Waals surface area contributed by atoms with Gasteiger partial charge < -0.3 is 10.1 Å². The summed E-state index contributed by atoms with van der Waals surface area (Å²) in [7, 11) is 0. The molecule has 0 spiro atoms. The molecule has 0 radical (unpaired) electrons. The lowest BCUT2D eigenvalue weighted by Crippen LogP contribution is -2.30. The molecule has 0 aliphatic heterocycles. The fourth-order valence-electron chi connectivity index (χ4n) is 2.72. The molecule has 1 atom stereocenters. The van der Waals surface area contributed by atoms with Crippen molar-refractivity contribution in [3.8, 4) is 5.75 Å². The average molecular weight is 319 g/mol. The predicted molar refractivity (Wildman–Crippen MR) is 98.5 cm³/mol. The smallest absolute Gasteiger partial charge is 0.265 e. The number of anilines is 1. The van der Waals surface area contributed by atoms with Crippen LogP contribution in [-0.4, -0.2) is 12.0 Å². The van der Waals surface area contributed by atoms with Crippen molar-refractivity contribution in [3.05, 3.63) is 72.3 Å². The van der Waals surface area contributed by atoms with Gasteiger partial charge in [0.15, 0.2) is 6.10 Å². The molecule has 0 bridgehead atoms. The Morgan fingerprint density at radius 3 is 2.54 bits per heavy atom. The minimum absolute atomic E-state index is 0.155. The molecule has 0 aliphatic rings. The second-order valence-corrected chi connectivity index (χ2v) is 5.74.